The zero-order chi connectivity index (χ0) is 14.6. The van der Waals surface area contributed by atoms with Crippen LogP contribution in [-0.4, -0.2) is 37.9 Å². The van der Waals surface area contributed by atoms with Crippen molar-refractivity contribution in [2.45, 2.75) is 64.0 Å². The Morgan fingerprint density at radius 3 is 2.45 bits per heavy atom. The molecule has 2 aliphatic carbocycles. The van der Waals surface area contributed by atoms with Crippen LogP contribution in [0.1, 0.15) is 52.4 Å². The average molecular weight is 283 g/mol. The lowest BCUT2D eigenvalue weighted by molar-refractivity contribution is -0.153. The number of rotatable bonds is 9. The fourth-order valence-corrected chi connectivity index (χ4v) is 3.10. The number of nitrogens with one attached hydrogen (secondary N) is 1. The van der Waals surface area contributed by atoms with Gasteiger partial charge in [0.2, 0.25) is 0 Å². The lowest BCUT2D eigenvalue weighted by Crippen LogP contribution is -2.60. The van der Waals surface area contributed by atoms with Gasteiger partial charge in [0.15, 0.2) is 0 Å². The second-order valence-corrected chi connectivity index (χ2v) is 6.67. The maximum Gasteiger partial charge on any atom is 0.328 e. The van der Waals surface area contributed by atoms with Gasteiger partial charge < -0.3 is 9.47 Å². The summed E-state index contributed by atoms with van der Waals surface area (Å²) >= 11 is 0. The van der Waals surface area contributed by atoms with Crippen LogP contribution in [0.5, 0.6) is 0 Å². The highest BCUT2D eigenvalue weighted by atomic mass is 16.5. The van der Waals surface area contributed by atoms with Gasteiger partial charge in [-0.15, -0.1) is 0 Å². The van der Waals surface area contributed by atoms with Crippen LogP contribution >= 0.6 is 0 Å². The zero-order valence-electron chi connectivity index (χ0n) is 13.1. The van der Waals surface area contributed by atoms with E-state index in [-0.39, 0.29) is 12.0 Å². The Morgan fingerprint density at radius 2 is 2.00 bits per heavy atom. The fourth-order valence-electron chi connectivity index (χ4n) is 3.10. The van der Waals surface area contributed by atoms with Crippen molar-refractivity contribution in [2.24, 2.45) is 11.8 Å². The standard InChI is InChI=1S/C16H29NO3/c1-12(2)17-16(14-7-8-14,15(18)19-3)11-20-10-9-13-5-4-6-13/h12-14,17H,4-11H2,1-3H3. The molecule has 20 heavy (non-hydrogen) atoms. The van der Waals surface area contributed by atoms with Crippen LogP contribution in [-0.2, 0) is 14.3 Å². The molecule has 2 rings (SSSR count). The summed E-state index contributed by atoms with van der Waals surface area (Å²) in [5.41, 5.74) is -0.636. The lowest BCUT2D eigenvalue weighted by atomic mass is 9.83. The fraction of sp³-hybridized carbons (Fsp3) is 0.938. The van der Waals surface area contributed by atoms with Crippen molar-refractivity contribution in [1.29, 1.82) is 0 Å². The van der Waals surface area contributed by atoms with Gasteiger partial charge in [0, 0.05) is 12.6 Å². The molecule has 4 heteroatoms. The molecule has 116 valence electrons. The van der Waals surface area contributed by atoms with Gasteiger partial charge in [0.25, 0.3) is 0 Å². The third kappa shape index (κ3) is 3.73. The van der Waals surface area contributed by atoms with E-state index < -0.39 is 5.54 Å². The van der Waals surface area contributed by atoms with Crippen molar-refractivity contribution in [3.63, 3.8) is 0 Å². The Morgan fingerprint density at radius 1 is 1.30 bits per heavy atom. The maximum absolute atomic E-state index is 12.3. The molecule has 4 nitrogen and oxygen atoms in total. The molecule has 1 unspecified atom stereocenters. The average Bonchev–Trinajstić information content (AvgIpc) is 3.17. The molecule has 0 aliphatic heterocycles. The van der Waals surface area contributed by atoms with Crippen molar-refractivity contribution >= 4 is 5.97 Å². The highest BCUT2D eigenvalue weighted by Crippen LogP contribution is 2.41. The van der Waals surface area contributed by atoms with E-state index in [0.717, 1.165) is 31.8 Å². The number of methoxy groups -OCH3 is 1. The van der Waals surface area contributed by atoms with Gasteiger partial charge >= 0.3 is 5.97 Å². The van der Waals surface area contributed by atoms with E-state index in [1.165, 1.54) is 26.4 Å². The van der Waals surface area contributed by atoms with Gasteiger partial charge in [-0.25, -0.2) is 4.79 Å². The first-order valence-electron chi connectivity index (χ1n) is 8.02. The summed E-state index contributed by atoms with van der Waals surface area (Å²) in [6, 6.07) is 0.241. The number of ether oxygens (including phenoxy) is 2. The molecule has 2 aliphatic rings. The van der Waals surface area contributed by atoms with E-state index in [4.69, 9.17) is 9.47 Å². The second-order valence-electron chi connectivity index (χ2n) is 6.67. The van der Waals surface area contributed by atoms with Crippen LogP contribution in [0.15, 0.2) is 0 Å². The van der Waals surface area contributed by atoms with Gasteiger partial charge in [0.1, 0.15) is 5.54 Å². The van der Waals surface area contributed by atoms with Crippen molar-refractivity contribution in [1.82, 2.24) is 5.32 Å². The molecule has 1 N–H and O–H groups in total. The minimum atomic E-state index is -0.636. The zero-order valence-corrected chi connectivity index (χ0v) is 13.1. The van der Waals surface area contributed by atoms with Gasteiger partial charge in [-0.05, 0) is 44.9 Å². The molecule has 2 fully saturated rings. The molecule has 0 saturated heterocycles. The molecule has 0 radical (unpaired) electrons. The van der Waals surface area contributed by atoms with Gasteiger partial charge in [0.05, 0.1) is 13.7 Å². The Kier molecular flexibility index (Phi) is 5.44. The molecule has 2 saturated carbocycles. The molecule has 0 aromatic carbocycles. The van der Waals surface area contributed by atoms with Crippen molar-refractivity contribution in [2.75, 3.05) is 20.3 Å². The van der Waals surface area contributed by atoms with Crippen molar-refractivity contribution in [3.05, 3.63) is 0 Å². The van der Waals surface area contributed by atoms with Gasteiger partial charge in [-0.1, -0.05) is 19.3 Å². The number of esters is 1. The maximum atomic E-state index is 12.3. The molecule has 0 heterocycles. The summed E-state index contributed by atoms with van der Waals surface area (Å²) in [6.45, 7) is 5.33. The highest BCUT2D eigenvalue weighted by molar-refractivity contribution is 5.82. The van der Waals surface area contributed by atoms with E-state index in [0.29, 0.717) is 12.5 Å². The van der Waals surface area contributed by atoms with Crippen LogP contribution in [0, 0.1) is 11.8 Å². The molecule has 0 aromatic rings. The van der Waals surface area contributed by atoms with E-state index in [1.54, 1.807) is 0 Å². The number of hydrogen-bond donors (Lipinski definition) is 1. The predicted molar refractivity (Wildman–Crippen MR) is 78.5 cm³/mol. The third-order valence-electron chi connectivity index (χ3n) is 4.60. The topological polar surface area (TPSA) is 47.6 Å². The van der Waals surface area contributed by atoms with Crippen LogP contribution in [0.3, 0.4) is 0 Å². The van der Waals surface area contributed by atoms with E-state index in [9.17, 15) is 4.79 Å². The molecular formula is C16H29NO3. The molecule has 1 atom stereocenters. The Labute approximate surface area is 122 Å². The molecule has 0 aromatic heterocycles. The number of carbonyl (C=O) groups excluding carboxylic acids is 1. The first kappa shape index (κ1) is 15.8. The quantitative estimate of drug-likeness (QED) is 0.522. The Bertz CT molecular complexity index is 324. The molecular weight excluding hydrogens is 254 g/mol. The molecule has 0 bridgehead atoms. The van der Waals surface area contributed by atoms with Crippen LogP contribution in [0.25, 0.3) is 0 Å². The minimum Gasteiger partial charge on any atom is -0.468 e. The summed E-state index contributed by atoms with van der Waals surface area (Å²) < 4.78 is 10.9. The van der Waals surface area contributed by atoms with Crippen molar-refractivity contribution < 1.29 is 14.3 Å². The predicted octanol–water partition coefficient (Wildman–Crippen LogP) is 2.51. The summed E-state index contributed by atoms with van der Waals surface area (Å²) in [7, 11) is 1.47. The lowest BCUT2D eigenvalue weighted by Gasteiger charge is -2.34. The largest absolute Gasteiger partial charge is 0.468 e. The van der Waals surface area contributed by atoms with E-state index in [2.05, 4.69) is 19.2 Å². The smallest absolute Gasteiger partial charge is 0.328 e. The molecule has 0 spiro atoms. The number of carbonyl (C=O) groups is 1. The van der Waals surface area contributed by atoms with Crippen LogP contribution in [0.4, 0.5) is 0 Å². The summed E-state index contributed by atoms with van der Waals surface area (Å²) in [5, 5.41) is 3.42. The minimum absolute atomic E-state index is 0.169. The van der Waals surface area contributed by atoms with Crippen molar-refractivity contribution in [3.8, 4) is 0 Å². The number of hydrogen-bond acceptors (Lipinski definition) is 4. The summed E-state index contributed by atoms with van der Waals surface area (Å²) in [6.07, 6.45) is 7.36. The normalized spacial score (nSPS) is 22.4. The van der Waals surface area contributed by atoms with E-state index >= 15 is 0 Å². The van der Waals surface area contributed by atoms with Gasteiger partial charge in [-0.3, -0.25) is 5.32 Å². The molecule has 0 amide bonds. The van der Waals surface area contributed by atoms with Gasteiger partial charge in [-0.2, -0.15) is 0 Å². The monoisotopic (exact) mass is 283 g/mol. The Balaban J connectivity index is 1.88. The van der Waals surface area contributed by atoms with Crippen LogP contribution < -0.4 is 5.32 Å². The van der Waals surface area contributed by atoms with E-state index in [1.807, 2.05) is 0 Å². The third-order valence-corrected chi connectivity index (χ3v) is 4.60. The Hall–Kier alpha value is -0.610. The SMILES string of the molecule is COC(=O)C(COCCC1CCC1)(NC(C)C)C1CC1. The summed E-state index contributed by atoms with van der Waals surface area (Å²) in [4.78, 5) is 12.3. The first-order valence-corrected chi connectivity index (χ1v) is 8.02. The first-order chi connectivity index (χ1) is 9.58. The second kappa shape index (κ2) is 6.90. The highest BCUT2D eigenvalue weighted by Gasteiger charge is 2.52. The van der Waals surface area contributed by atoms with Crippen LogP contribution in [0.2, 0.25) is 0 Å². The summed E-state index contributed by atoms with van der Waals surface area (Å²) in [5.74, 6) is 1.04.